The Balaban J connectivity index is 2.10. The van der Waals surface area contributed by atoms with Crippen LogP contribution in [0.2, 0.25) is 0 Å². The molecule has 0 bridgehead atoms. The van der Waals surface area contributed by atoms with Gasteiger partial charge in [-0.05, 0) is 68.7 Å². The molecule has 3 aromatic carbocycles. The summed E-state index contributed by atoms with van der Waals surface area (Å²) in [5.41, 5.74) is 2.05. The van der Waals surface area contributed by atoms with E-state index in [2.05, 4.69) is 5.32 Å². The molecule has 0 aliphatic rings. The fourth-order valence-corrected chi connectivity index (χ4v) is 6.02. The zero-order valence-corrected chi connectivity index (χ0v) is 26.0. The maximum Gasteiger partial charge on any atom is 0.264 e. The van der Waals surface area contributed by atoms with Crippen molar-refractivity contribution in [2.45, 2.75) is 64.1 Å². The van der Waals surface area contributed by atoms with Crippen molar-refractivity contribution in [2.24, 2.45) is 0 Å². The molecular weight excluding hydrogens is 554 g/mol. The van der Waals surface area contributed by atoms with Gasteiger partial charge in [-0.25, -0.2) is 8.42 Å². The Kier molecular flexibility index (Phi) is 11.4. The quantitative estimate of drug-likeness (QED) is 0.283. The van der Waals surface area contributed by atoms with Gasteiger partial charge in [-0.1, -0.05) is 55.8 Å². The summed E-state index contributed by atoms with van der Waals surface area (Å²) >= 11 is 0. The molecule has 0 fully saturated rings. The van der Waals surface area contributed by atoms with Crippen molar-refractivity contribution in [3.63, 3.8) is 0 Å². The van der Waals surface area contributed by atoms with Crippen LogP contribution in [0.15, 0.2) is 77.7 Å². The largest absolute Gasteiger partial charge is 0.497 e. The van der Waals surface area contributed by atoms with E-state index in [1.54, 1.807) is 36.4 Å². The highest BCUT2D eigenvalue weighted by Crippen LogP contribution is 2.33. The average molecular weight is 596 g/mol. The standard InChI is InChI=1S/C32H41N3O6S/c1-7-24(4)33-32(37)28(8-2)34(21-25-13-11-12-23(3)20-25)31(36)22-35(29-14-9-10-15-30(29)41-6)42(38,39)27-18-16-26(40-5)17-19-27/h9-20,24,28H,7-8,21-22H2,1-6H3,(H,33,37)/t24-,28+/m1/s1. The van der Waals surface area contributed by atoms with Crippen LogP contribution in [0.1, 0.15) is 44.7 Å². The highest BCUT2D eigenvalue weighted by atomic mass is 32.2. The van der Waals surface area contributed by atoms with Gasteiger partial charge in [0, 0.05) is 12.6 Å². The van der Waals surface area contributed by atoms with E-state index in [0.717, 1.165) is 21.9 Å². The SMILES string of the molecule is CC[C@@H](C)NC(=O)[C@H](CC)N(Cc1cccc(C)c1)C(=O)CN(c1ccccc1OC)S(=O)(=O)c1ccc(OC)cc1. The summed E-state index contributed by atoms with van der Waals surface area (Å²) in [7, 11) is -1.31. The lowest BCUT2D eigenvalue weighted by molar-refractivity contribution is -0.140. The first kappa shape index (κ1) is 32.5. The van der Waals surface area contributed by atoms with Crippen molar-refractivity contribution in [2.75, 3.05) is 25.1 Å². The second-order valence-electron chi connectivity index (χ2n) is 10.1. The molecule has 226 valence electrons. The van der Waals surface area contributed by atoms with E-state index in [9.17, 15) is 18.0 Å². The van der Waals surface area contributed by atoms with Gasteiger partial charge >= 0.3 is 0 Å². The van der Waals surface area contributed by atoms with Gasteiger partial charge in [-0.3, -0.25) is 13.9 Å². The third-order valence-corrected chi connectivity index (χ3v) is 8.88. The van der Waals surface area contributed by atoms with E-state index in [1.165, 1.54) is 31.3 Å². The Morgan fingerprint density at radius 3 is 2.19 bits per heavy atom. The number of benzene rings is 3. The number of amides is 2. The molecular formula is C32H41N3O6S. The number of nitrogens with zero attached hydrogens (tertiary/aromatic N) is 2. The van der Waals surface area contributed by atoms with Gasteiger partial charge in [-0.2, -0.15) is 0 Å². The number of aryl methyl sites for hydroxylation is 1. The molecule has 2 amide bonds. The van der Waals surface area contributed by atoms with E-state index in [-0.39, 0.29) is 34.8 Å². The van der Waals surface area contributed by atoms with Crippen molar-refractivity contribution < 1.29 is 27.5 Å². The third-order valence-electron chi connectivity index (χ3n) is 7.10. The molecule has 0 saturated carbocycles. The van der Waals surface area contributed by atoms with E-state index >= 15 is 0 Å². The van der Waals surface area contributed by atoms with Gasteiger partial charge in [0.1, 0.15) is 24.1 Å². The summed E-state index contributed by atoms with van der Waals surface area (Å²) in [6.45, 7) is 7.25. The van der Waals surface area contributed by atoms with Crippen molar-refractivity contribution in [3.8, 4) is 11.5 Å². The number of sulfonamides is 1. The molecule has 0 aliphatic carbocycles. The highest BCUT2D eigenvalue weighted by Gasteiger charge is 2.35. The molecule has 0 unspecified atom stereocenters. The lowest BCUT2D eigenvalue weighted by atomic mass is 10.1. The first-order chi connectivity index (χ1) is 20.0. The molecule has 2 atom stereocenters. The fraction of sp³-hybridized carbons (Fsp3) is 0.375. The number of carbonyl (C=O) groups is 2. The summed E-state index contributed by atoms with van der Waals surface area (Å²) in [6, 6.07) is 19.4. The molecule has 0 spiro atoms. The van der Waals surface area contributed by atoms with E-state index < -0.39 is 28.5 Å². The van der Waals surface area contributed by atoms with E-state index in [0.29, 0.717) is 12.2 Å². The molecule has 0 radical (unpaired) electrons. The van der Waals surface area contributed by atoms with Gasteiger partial charge in [0.15, 0.2) is 0 Å². The van der Waals surface area contributed by atoms with Crippen molar-refractivity contribution in [1.82, 2.24) is 10.2 Å². The van der Waals surface area contributed by atoms with Gasteiger partial charge in [-0.15, -0.1) is 0 Å². The van der Waals surface area contributed by atoms with Crippen LogP contribution < -0.4 is 19.1 Å². The molecule has 0 aromatic heterocycles. The summed E-state index contributed by atoms with van der Waals surface area (Å²) < 4.78 is 39.9. The number of para-hydroxylation sites is 2. The predicted molar refractivity (Wildman–Crippen MR) is 164 cm³/mol. The summed E-state index contributed by atoms with van der Waals surface area (Å²) in [6.07, 6.45) is 1.08. The number of anilines is 1. The molecule has 0 heterocycles. The highest BCUT2D eigenvalue weighted by molar-refractivity contribution is 7.92. The van der Waals surface area contributed by atoms with Crippen LogP contribution in [0, 0.1) is 6.92 Å². The van der Waals surface area contributed by atoms with Crippen LogP contribution in [-0.2, 0) is 26.2 Å². The third kappa shape index (κ3) is 7.82. The second-order valence-corrected chi connectivity index (χ2v) is 12.0. The van der Waals surface area contributed by atoms with Crippen LogP contribution in [0.25, 0.3) is 0 Å². The average Bonchev–Trinajstić information content (AvgIpc) is 2.99. The number of ether oxygens (including phenoxy) is 2. The Morgan fingerprint density at radius 2 is 1.60 bits per heavy atom. The lowest BCUT2D eigenvalue weighted by Crippen LogP contribution is -2.53. The van der Waals surface area contributed by atoms with Crippen LogP contribution in [-0.4, -0.2) is 58.0 Å². The Labute approximate surface area is 249 Å². The first-order valence-corrected chi connectivity index (χ1v) is 15.4. The molecule has 0 aliphatic heterocycles. The molecule has 3 rings (SSSR count). The van der Waals surface area contributed by atoms with Crippen LogP contribution in [0.3, 0.4) is 0 Å². The summed E-state index contributed by atoms with van der Waals surface area (Å²) in [4.78, 5) is 29.1. The first-order valence-electron chi connectivity index (χ1n) is 14.0. The van der Waals surface area contributed by atoms with Crippen molar-refractivity contribution in [1.29, 1.82) is 0 Å². The maximum atomic E-state index is 14.2. The van der Waals surface area contributed by atoms with E-state index in [1.807, 2.05) is 52.0 Å². The van der Waals surface area contributed by atoms with Crippen molar-refractivity contribution >= 4 is 27.5 Å². The molecule has 42 heavy (non-hydrogen) atoms. The Bertz CT molecular complexity index is 1460. The van der Waals surface area contributed by atoms with Crippen LogP contribution >= 0.6 is 0 Å². The number of rotatable bonds is 14. The summed E-state index contributed by atoms with van der Waals surface area (Å²) in [5.74, 6) is -0.0224. The van der Waals surface area contributed by atoms with E-state index in [4.69, 9.17) is 9.47 Å². The zero-order chi connectivity index (χ0) is 30.9. The predicted octanol–water partition coefficient (Wildman–Crippen LogP) is 4.93. The monoisotopic (exact) mass is 595 g/mol. The Hall–Kier alpha value is -4.05. The zero-order valence-electron chi connectivity index (χ0n) is 25.2. The van der Waals surface area contributed by atoms with Gasteiger partial charge in [0.2, 0.25) is 11.8 Å². The second kappa shape index (κ2) is 14.7. The number of hydrogen-bond donors (Lipinski definition) is 1. The summed E-state index contributed by atoms with van der Waals surface area (Å²) in [5, 5.41) is 2.99. The minimum Gasteiger partial charge on any atom is -0.497 e. The van der Waals surface area contributed by atoms with Crippen molar-refractivity contribution in [3.05, 3.63) is 83.9 Å². The topological polar surface area (TPSA) is 105 Å². The molecule has 0 saturated heterocycles. The molecule has 1 N–H and O–H groups in total. The lowest BCUT2D eigenvalue weighted by Gasteiger charge is -2.34. The van der Waals surface area contributed by atoms with Crippen LogP contribution in [0.5, 0.6) is 11.5 Å². The normalized spacial score (nSPS) is 12.6. The number of carbonyl (C=O) groups excluding carboxylic acids is 2. The number of hydrogen-bond acceptors (Lipinski definition) is 6. The smallest absolute Gasteiger partial charge is 0.264 e. The van der Waals surface area contributed by atoms with Gasteiger partial charge in [0.25, 0.3) is 10.0 Å². The van der Waals surface area contributed by atoms with Gasteiger partial charge < -0.3 is 19.7 Å². The fourth-order valence-electron chi connectivity index (χ4n) is 4.59. The van der Waals surface area contributed by atoms with Gasteiger partial charge in [0.05, 0.1) is 24.8 Å². The Morgan fingerprint density at radius 1 is 0.905 bits per heavy atom. The molecule has 10 heteroatoms. The number of nitrogens with one attached hydrogen (secondary N) is 1. The van der Waals surface area contributed by atoms with Crippen LogP contribution in [0.4, 0.5) is 5.69 Å². The number of methoxy groups -OCH3 is 2. The maximum absolute atomic E-state index is 14.2. The molecule has 3 aromatic rings. The minimum absolute atomic E-state index is 0.0196. The minimum atomic E-state index is -4.25. The molecule has 9 nitrogen and oxygen atoms in total.